The van der Waals surface area contributed by atoms with Gasteiger partial charge in [0.1, 0.15) is 11.7 Å². The number of rotatable bonds is 0. The van der Waals surface area contributed by atoms with Crippen LogP contribution in [0.1, 0.15) is 13.8 Å². The molecule has 0 saturated heterocycles. The van der Waals surface area contributed by atoms with Crippen molar-refractivity contribution in [3.8, 4) is 0 Å². The lowest BCUT2D eigenvalue weighted by molar-refractivity contribution is 1.46. The second kappa shape index (κ2) is 6.46. The predicted molar refractivity (Wildman–Crippen MR) is 70.0 cm³/mol. The van der Waals surface area contributed by atoms with Gasteiger partial charge in [0.2, 0.25) is 0 Å². The molecule has 0 aromatic carbocycles. The molecule has 0 amide bonds. The van der Waals surface area contributed by atoms with Crippen molar-refractivity contribution in [2.45, 2.75) is 13.8 Å². The van der Waals surface area contributed by atoms with Crippen molar-refractivity contribution < 1.29 is 0 Å². The van der Waals surface area contributed by atoms with Crippen molar-refractivity contribution in [3.05, 3.63) is 0 Å². The molecule has 0 saturated carbocycles. The minimum absolute atomic E-state index is 0.168. The molecule has 1 atom stereocenters. The maximum atomic E-state index is 4.12. The Morgan fingerprint density at radius 1 is 1.18 bits per heavy atom. The summed E-state index contributed by atoms with van der Waals surface area (Å²) >= 11 is 4.24. The van der Waals surface area contributed by atoms with Gasteiger partial charge < -0.3 is 0 Å². The van der Waals surface area contributed by atoms with Gasteiger partial charge in [0.15, 0.2) is 0 Å². The summed E-state index contributed by atoms with van der Waals surface area (Å²) in [6, 6.07) is 0. The highest BCUT2D eigenvalue weighted by Gasteiger charge is 1.97. The molecule has 3 nitrogen and oxygen atoms in total. The molecular formula is C5H9I2N3S. The third kappa shape index (κ3) is 5.23. The summed E-state index contributed by atoms with van der Waals surface area (Å²) < 4.78 is 8.25. The van der Waals surface area contributed by atoms with Crippen LogP contribution in [0.4, 0.5) is 0 Å². The standard InChI is InChI=1S/C5H9N3S.I2/c1-4-6-5(2)8-9(3)7-4;1-2/h1-3H3;. The maximum absolute atomic E-state index is 4.12. The molecule has 64 valence electrons. The molecule has 0 aromatic rings. The topological polar surface area (TPSA) is 37.1 Å². The molecule has 0 N–H and O–H groups in total. The van der Waals surface area contributed by atoms with Gasteiger partial charge in [-0.25, -0.2) is 4.99 Å². The summed E-state index contributed by atoms with van der Waals surface area (Å²) in [5, 5.41) is 0. The normalized spacial score (nSPS) is 22.1. The van der Waals surface area contributed by atoms with Crippen molar-refractivity contribution in [1.29, 1.82) is 0 Å². The van der Waals surface area contributed by atoms with Crippen molar-refractivity contribution in [2.75, 3.05) is 6.26 Å². The summed E-state index contributed by atoms with van der Waals surface area (Å²) in [7, 11) is -0.168. The Balaban J connectivity index is 0.000000461. The lowest BCUT2D eigenvalue weighted by Crippen LogP contribution is -2.01. The van der Waals surface area contributed by atoms with Crippen molar-refractivity contribution in [3.63, 3.8) is 0 Å². The average molecular weight is 397 g/mol. The number of nitrogens with zero attached hydrogens (tertiary/aromatic N) is 3. The van der Waals surface area contributed by atoms with Crippen LogP contribution in [-0.2, 0) is 10.9 Å². The zero-order valence-corrected chi connectivity index (χ0v) is 11.6. The summed E-state index contributed by atoms with van der Waals surface area (Å²) in [5.41, 5.74) is 0. The first-order chi connectivity index (χ1) is 5.18. The Morgan fingerprint density at radius 3 is 2.09 bits per heavy atom. The van der Waals surface area contributed by atoms with E-state index in [1.807, 2.05) is 20.1 Å². The first-order valence-electron chi connectivity index (χ1n) is 2.81. The van der Waals surface area contributed by atoms with E-state index >= 15 is 0 Å². The highest BCUT2D eigenvalue weighted by molar-refractivity contribution is 15.0. The summed E-state index contributed by atoms with van der Waals surface area (Å²) in [6.45, 7) is 3.78. The number of amidine groups is 2. The molecule has 0 spiro atoms. The number of halogens is 2. The number of hydrogen-bond donors (Lipinski definition) is 0. The lowest BCUT2D eigenvalue weighted by atomic mass is 10.6. The first-order valence-corrected chi connectivity index (χ1v) is 10.6. The van der Waals surface area contributed by atoms with Crippen LogP contribution in [0.15, 0.2) is 13.8 Å². The highest BCUT2D eigenvalue weighted by atomic mass is 128. The molecule has 1 unspecified atom stereocenters. The average Bonchev–Trinajstić information content (AvgIpc) is 1.88. The van der Waals surface area contributed by atoms with Gasteiger partial charge in [-0.15, -0.1) is 0 Å². The zero-order chi connectivity index (χ0) is 8.85. The molecule has 0 aliphatic carbocycles. The van der Waals surface area contributed by atoms with Gasteiger partial charge >= 0.3 is 0 Å². The monoisotopic (exact) mass is 397 g/mol. The van der Waals surface area contributed by atoms with Crippen LogP contribution in [0, 0.1) is 0 Å². The van der Waals surface area contributed by atoms with Crippen LogP contribution in [0.5, 0.6) is 0 Å². The predicted octanol–water partition coefficient (Wildman–Crippen LogP) is 2.95. The van der Waals surface area contributed by atoms with Crippen LogP contribution in [0.3, 0.4) is 0 Å². The minimum Gasteiger partial charge on any atom is -0.217 e. The zero-order valence-electron chi connectivity index (χ0n) is 6.51. The van der Waals surface area contributed by atoms with E-state index in [4.69, 9.17) is 0 Å². The fourth-order valence-electron chi connectivity index (χ4n) is 0.678. The number of aliphatic imine (C=N–C) groups is 1. The Morgan fingerprint density at radius 2 is 1.73 bits per heavy atom. The van der Waals surface area contributed by atoms with E-state index in [1.165, 1.54) is 0 Å². The van der Waals surface area contributed by atoms with Gasteiger partial charge in [0.05, 0.1) is 0 Å². The summed E-state index contributed by atoms with van der Waals surface area (Å²) in [6.07, 6.45) is 1.97. The Kier molecular flexibility index (Phi) is 7.02. The van der Waals surface area contributed by atoms with Gasteiger partial charge in [-0.2, -0.15) is 8.76 Å². The third-order valence-electron chi connectivity index (χ3n) is 0.852. The molecule has 1 rings (SSSR count). The maximum Gasteiger partial charge on any atom is 0.136 e. The molecular weight excluding hydrogens is 388 g/mol. The van der Waals surface area contributed by atoms with E-state index in [0.717, 1.165) is 11.7 Å². The van der Waals surface area contributed by atoms with E-state index in [9.17, 15) is 0 Å². The molecule has 0 radical (unpaired) electrons. The van der Waals surface area contributed by atoms with Crippen LogP contribution >= 0.6 is 37.2 Å². The largest absolute Gasteiger partial charge is 0.217 e. The first kappa shape index (κ1) is 11.9. The van der Waals surface area contributed by atoms with Gasteiger partial charge in [-0.3, -0.25) is 0 Å². The van der Waals surface area contributed by atoms with Crippen LogP contribution in [0.25, 0.3) is 0 Å². The SMILES string of the molecule is CC1=NC(C)=NS(C)=N1.II. The molecule has 0 aromatic heterocycles. The second-order valence-electron chi connectivity index (χ2n) is 1.84. The Bertz CT molecular complexity index is 175. The Labute approximate surface area is 92.7 Å². The van der Waals surface area contributed by atoms with Crippen molar-refractivity contribution in [2.24, 2.45) is 13.8 Å². The molecule has 6 heteroatoms. The van der Waals surface area contributed by atoms with Crippen molar-refractivity contribution in [1.82, 2.24) is 0 Å². The van der Waals surface area contributed by atoms with Gasteiger partial charge in [0.25, 0.3) is 0 Å². The summed E-state index contributed by atoms with van der Waals surface area (Å²) in [5.74, 6) is 1.68. The molecule has 1 heterocycles. The van der Waals surface area contributed by atoms with E-state index in [2.05, 4.69) is 51.0 Å². The lowest BCUT2D eigenvalue weighted by Gasteiger charge is -2.01. The van der Waals surface area contributed by atoms with E-state index in [-0.39, 0.29) is 10.9 Å². The summed E-state index contributed by atoms with van der Waals surface area (Å²) in [4.78, 5) is 4.04. The number of hydrogen-bond acceptors (Lipinski definition) is 3. The highest BCUT2D eigenvalue weighted by Crippen LogP contribution is 1.98. The third-order valence-corrected chi connectivity index (χ3v) is 1.91. The van der Waals surface area contributed by atoms with Crippen LogP contribution in [-0.4, -0.2) is 17.9 Å². The van der Waals surface area contributed by atoms with Gasteiger partial charge in [0, 0.05) is 54.4 Å². The molecule has 0 fully saturated rings. The van der Waals surface area contributed by atoms with Gasteiger partial charge in [-0.1, -0.05) is 0 Å². The fraction of sp³-hybridized carbons (Fsp3) is 0.600. The molecule has 11 heavy (non-hydrogen) atoms. The Hall–Kier alpha value is 0.950. The molecule has 0 bridgehead atoms. The minimum atomic E-state index is -0.168. The van der Waals surface area contributed by atoms with Gasteiger partial charge in [-0.05, 0) is 13.8 Å². The second-order valence-corrected chi connectivity index (χ2v) is 3.09. The van der Waals surface area contributed by atoms with E-state index in [1.54, 1.807) is 0 Å². The van der Waals surface area contributed by atoms with E-state index < -0.39 is 0 Å². The molecule has 1 aliphatic heterocycles. The quantitative estimate of drug-likeness (QED) is 0.564. The van der Waals surface area contributed by atoms with E-state index in [0.29, 0.717) is 0 Å². The fourth-order valence-corrected chi connectivity index (χ4v) is 1.57. The van der Waals surface area contributed by atoms with Crippen LogP contribution < -0.4 is 0 Å². The molecule has 1 aliphatic rings. The van der Waals surface area contributed by atoms with Crippen molar-refractivity contribution >= 4 is 59.8 Å². The van der Waals surface area contributed by atoms with Crippen LogP contribution in [0.2, 0.25) is 0 Å². The smallest absolute Gasteiger partial charge is 0.136 e.